The number of rotatable bonds is 7. The van der Waals surface area contributed by atoms with Crippen molar-refractivity contribution in [3.8, 4) is 0 Å². The number of hydrogen-bond acceptors (Lipinski definition) is 3. The molecule has 1 saturated carbocycles. The van der Waals surface area contributed by atoms with Gasteiger partial charge in [0.05, 0.1) is 5.56 Å². The smallest absolute Gasteiger partial charge is 0.254 e. The van der Waals surface area contributed by atoms with Gasteiger partial charge in [-0.1, -0.05) is 19.1 Å². The third-order valence-electron chi connectivity index (χ3n) is 3.40. The Balaban J connectivity index is 1.96. The van der Waals surface area contributed by atoms with Crippen molar-refractivity contribution in [2.24, 2.45) is 0 Å². The van der Waals surface area contributed by atoms with Gasteiger partial charge >= 0.3 is 0 Å². The van der Waals surface area contributed by atoms with Gasteiger partial charge in [0.15, 0.2) is 0 Å². The van der Waals surface area contributed by atoms with Crippen LogP contribution in [0.3, 0.4) is 0 Å². The average molecular weight is 289 g/mol. The monoisotopic (exact) mass is 289 g/mol. The molecule has 1 aromatic rings. The lowest BCUT2D eigenvalue weighted by molar-refractivity contribution is -0.122. The summed E-state index contributed by atoms with van der Waals surface area (Å²) in [5.74, 6) is -0.350. The first kappa shape index (κ1) is 15.4. The minimum atomic E-state index is -0.530. The maximum atomic E-state index is 12.3. The van der Waals surface area contributed by atoms with Gasteiger partial charge < -0.3 is 16.0 Å². The zero-order chi connectivity index (χ0) is 15.2. The van der Waals surface area contributed by atoms with Crippen molar-refractivity contribution in [2.45, 2.75) is 45.2 Å². The van der Waals surface area contributed by atoms with E-state index in [0.29, 0.717) is 11.6 Å². The van der Waals surface area contributed by atoms with Crippen LogP contribution in [0.2, 0.25) is 0 Å². The Morgan fingerprint density at radius 1 is 1.29 bits per heavy atom. The molecule has 0 aliphatic heterocycles. The van der Waals surface area contributed by atoms with Crippen LogP contribution in [0.25, 0.3) is 0 Å². The highest BCUT2D eigenvalue weighted by atomic mass is 16.2. The Bertz CT molecular complexity index is 512. The van der Waals surface area contributed by atoms with Gasteiger partial charge in [-0.15, -0.1) is 0 Å². The second kappa shape index (κ2) is 7.11. The van der Waals surface area contributed by atoms with Crippen LogP contribution in [0.4, 0.5) is 5.69 Å². The topological polar surface area (TPSA) is 70.2 Å². The number of benzene rings is 1. The third kappa shape index (κ3) is 4.48. The van der Waals surface area contributed by atoms with Crippen molar-refractivity contribution in [3.63, 3.8) is 0 Å². The van der Waals surface area contributed by atoms with E-state index in [-0.39, 0.29) is 11.8 Å². The van der Waals surface area contributed by atoms with Crippen LogP contribution in [-0.4, -0.2) is 30.4 Å². The van der Waals surface area contributed by atoms with E-state index >= 15 is 0 Å². The van der Waals surface area contributed by atoms with Gasteiger partial charge in [-0.05, 0) is 38.3 Å². The molecule has 0 radical (unpaired) electrons. The molecule has 1 unspecified atom stereocenters. The molecule has 0 spiro atoms. The first-order valence-corrected chi connectivity index (χ1v) is 7.56. The summed E-state index contributed by atoms with van der Waals surface area (Å²) in [7, 11) is 0. The number of carbonyl (C=O) groups excluding carboxylic acids is 2. The SMILES string of the molecule is CCCNc1ccccc1C(=O)NC(C)C(=O)NC1CC1. The molecule has 2 amide bonds. The highest BCUT2D eigenvalue weighted by Gasteiger charge is 2.26. The molecule has 1 aromatic carbocycles. The Hall–Kier alpha value is -2.04. The lowest BCUT2D eigenvalue weighted by Gasteiger charge is -2.16. The third-order valence-corrected chi connectivity index (χ3v) is 3.40. The molecule has 2 rings (SSSR count). The van der Waals surface area contributed by atoms with Crippen LogP contribution < -0.4 is 16.0 Å². The van der Waals surface area contributed by atoms with Gasteiger partial charge in [-0.2, -0.15) is 0 Å². The van der Waals surface area contributed by atoms with E-state index in [1.54, 1.807) is 13.0 Å². The normalized spacial score (nSPS) is 15.1. The summed E-state index contributed by atoms with van der Waals surface area (Å²) < 4.78 is 0. The Kier molecular flexibility index (Phi) is 5.20. The predicted octanol–water partition coefficient (Wildman–Crippen LogP) is 1.91. The highest BCUT2D eigenvalue weighted by Crippen LogP contribution is 2.19. The van der Waals surface area contributed by atoms with Crippen molar-refractivity contribution in [3.05, 3.63) is 29.8 Å². The van der Waals surface area contributed by atoms with Gasteiger partial charge in [0.1, 0.15) is 6.04 Å². The zero-order valence-corrected chi connectivity index (χ0v) is 12.6. The van der Waals surface area contributed by atoms with Gasteiger partial charge in [-0.3, -0.25) is 9.59 Å². The molecular formula is C16H23N3O2. The quantitative estimate of drug-likeness (QED) is 0.718. The fourth-order valence-corrected chi connectivity index (χ4v) is 1.99. The molecule has 1 atom stereocenters. The van der Waals surface area contributed by atoms with E-state index in [1.165, 1.54) is 0 Å². The maximum Gasteiger partial charge on any atom is 0.254 e. The fourth-order valence-electron chi connectivity index (χ4n) is 1.99. The summed E-state index contributed by atoms with van der Waals surface area (Å²) in [6.07, 6.45) is 3.06. The Labute approximate surface area is 125 Å². The van der Waals surface area contributed by atoms with Crippen LogP contribution in [-0.2, 0) is 4.79 Å². The van der Waals surface area contributed by atoms with Crippen molar-refractivity contribution in [1.82, 2.24) is 10.6 Å². The second-order valence-corrected chi connectivity index (χ2v) is 5.45. The molecule has 114 valence electrons. The predicted molar refractivity (Wildman–Crippen MR) is 83.3 cm³/mol. The summed E-state index contributed by atoms with van der Waals surface area (Å²) >= 11 is 0. The van der Waals surface area contributed by atoms with Crippen molar-refractivity contribution in [1.29, 1.82) is 0 Å². The second-order valence-electron chi connectivity index (χ2n) is 5.45. The van der Waals surface area contributed by atoms with Crippen LogP contribution in [0.15, 0.2) is 24.3 Å². The van der Waals surface area contributed by atoms with E-state index in [9.17, 15) is 9.59 Å². The molecule has 5 nitrogen and oxygen atoms in total. The van der Waals surface area contributed by atoms with Crippen LogP contribution >= 0.6 is 0 Å². The average Bonchev–Trinajstić information content (AvgIpc) is 3.29. The van der Waals surface area contributed by atoms with Crippen LogP contribution in [0.5, 0.6) is 0 Å². The van der Waals surface area contributed by atoms with Crippen LogP contribution in [0.1, 0.15) is 43.5 Å². The van der Waals surface area contributed by atoms with Crippen molar-refractivity contribution in [2.75, 3.05) is 11.9 Å². The minimum absolute atomic E-state index is 0.121. The molecule has 0 heterocycles. The molecule has 0 bridgehead atoms. The fraction of sp³-hybridized carbons (Fsp3) is 0.500. The lowest BCUT2D eigenvalue weighted by atomic mass is 10.1. The number of para-hydroxylation sites is 1. The molecular weight excluding hydrogens is 266 g/mol. The first-order chi connectivity index (χ1) is 10.1. The summed E-state index contributed by atoms with van der Waals surface area (Å²) in [6.45, 7) is 4.58. The molecule has 21 heavy (non-hydrogen) atoms. The van der Waals surface area contributed by atoms with E-state index in [1.807, 2.05) is 18.2 Å². The largest absolute Gasteiger partial charge is 0.384 e. The molecule has 0 aromatic heterocycles. The minimum Gasteiger partial charge on any atom is -0.384 e. The van der Waals surface area contributed by atoms with Crippen molar-refractivity contribution >= 4 is 17.5 Å². The van der Waals surface area contributed by atoms with Crippen LogP contribution in [0, 0.1) is 0 Å². The number of nitrogens with one attached hydrogen (secondary N) is 3. The molecule has 0 saturated heterocycles. The molecule has 5 heteroatoms. The molecule has 1 fully saturated rings. The summed E-state index contributed by atoms with van der Waals surface area (Å²) in [5, 5.41) is 8.87. The number of amides is 2. The van der Waals surface area contributed by atoms with E-state index in [2.05, 4.69) is 22.9 Å². The molecule has 1 aliphatic rings. The maximum absolute atomic E-state index is 12.3. The highest BCUT2D eigenvalue weighted by molar-refractivity contribution is 6.01. The van der Waals surface area contributed by atoms with Gasteiger partial charge in [0, 0.05) is 18.3 Å². The Morgan fingerprint density at radius 2 is 2.00 bits per heavy atom. The molecule has 1 aliphatic carbocycles. The summed E-state index contributed by atoms with van der Waals surface area (Å²) in [5.41, 5.74) is 1.36. The zero-order valence-electron chi connectivity index (χ0n) is 12.6. The summed E-state index contributed by atoms with van der Waals surface area (Å²) in [4.78, 5) is 24.2. The molecule has 3 N–H and O–H groups in total. The van der Waals surface area contributed by atoms with E-state index in [0.717, 1.165) is 31.5 Å². The van der Waals surface area contributed by atoms with Crippen molar-refractivity contribution < 1.29 is 9.59 Å². The van der Waals surface area contributed by atoms with E-state index in [4.69, 9.17) is 0 Å². The standard InChI is InChI=1S/C16H23N3O2/c1-3-10-17-14-7-5-4-6-13(14)16(21)18-11(2)15(20)19-12-8-9-12/h4-7,11-12,17H,3,8-10H2,1-2H3,(H,18,21)(H,19,20). The van der Waals surface area contributed by atoms with Gasteiger partial charge in [0.25, 0.3) is 5.91 Å². The number of hydrogen-bond donors (Lipinski definition) is 3. The lowest BCUT2D eigenvalue weighted by Crippen LogP contribution is -2.45. The van der Waals surface area contributed by atoms with Gasteiger partial charge in [-0.25, -0.2) is 0 Å². The first-order valence-electron chi connectivity index (χ1n) is 7.56. The number of anilines is 1. The van der Waals surface area contributed by atoms with Gasteiger partial charge in [0.2, 0.25) is 5.91 Å². The van der Waals surface area contributed by atoms with E-state index < -0.39 is 6.04 Å². The summed E-state index contributed by atoms with van der Waals surface area (Å²) in [6, 6.07) is 7.12. The number of carbonyl (C=O) groups is 2. The Morgan fingerprint density at radius 3 is 2.67 bits per heavy atom.